The van der Waals surface area contributed by atoms with Crippen LogP contribution in [0.15, 0.2) is 48.5 Å². The molecule has 0 saturated carbocycles. The summed E-state index contributed by atoms with van der Waals surface area (Å²) in [4.78, 5) is 1.93. The van der Waals surface area contributed by atoms with Crippen LogP contribution in [0.5, 0.6) is 0 Å². The van der Waals surface area contributed by atoms with Crippen LogP contribution in [0.4, 0.5) is 17.1 Å². The molecule has 3 rings (SSSR count). The molecule has 0 saturated heterocycles. The van der Waals surface area contributed by atoms with E-state index in [1.165, 1.54) is 0 Å². The summed E-state index contributed by atoms with van der Waals surface area (Å²) in [6.45, 7) is 2.02. The molecule has 0 fully saturated rings. The molecule has 0 spiro atoms. The maximum atomic E-state index is 3.22. The molecule has 0 heterocycles. The van der Waals surface area contributed by atoms with Crippen LogP contribution in [0.25, 0.3) is 0 Å². The summed E-state index contributed by atoms with van der Waals surface area (Å²) in [7, 11) is 0. The topological polar surface area (TPSA) is 3.24 Å². The molecule has 0 aromatic heterocycles. The van der Waals surface area contributed by atoms with E-state index in [0.29, 0.717) is 0 Å². The van der Waals surface area contributed by atoms with Crippen molar-refractivity contribution in [2.45, 2.75) is 6.92 Å². The van der Waals surface area contributed by atoms with Crippen LogP contribution in [0.1, 0.15) is 5.56 Å². The molecule has 0 N–H and O–H groups in total. The van der Waals surface area contributed by atoms with Crippen LogP contribution >= 0.6 is 0 Å². The third-order valence-electron chi connectivity index (χ3n) is 2.81. The van der Waals surface area contributed by atoms with E-state index >= 15 is 0 Å². The van der Waals surface area contributed by atoms with Gasteiger partial charge in [0.2, 0.25) is 0 Å². The van der Waals surface area contributed by atoms with E-state index in [0.717, 1.165) is 22.6 Å². The van der Waals surface area contributed by atoms with Crippen LogP contribution in [0, 0.1) is 43.3 Å². The maximum absolute atomic E-state index is 3.22. The predicted molar refractivity (Wildman–Crippen MR) is 78.9 cm³/mol. The minimum atomic E-state index is 0. The third-order valence-corrected chi connectivity index (χ3v) is 2.81. The Morgan fingerprint density at radius 3 is 1.35 bits per heavy atom. The molecule has 0 bridgehead atoms. The molecular weight excluding hydrogens is 509 g/mol. The van der Waals surface area contributed by atoms with Crippen LogP contribution in [-0.2, 0) is 98.1 Å². The van der Waals surface area contributed by atoms with E-state index in [9.17, 15) is 0 Å². The van der Waals surface area contributed by atoms with Crippen molar-refractivity contribution in [1.82, 2.24) is 0 Å². The van der Waals surface area contributed by atoms with E-state index in [1.807, 2.05) is 60.4 Å². The maximum Gasteiger partial charge on any atom is 0 e. The molecule has 3 aromatic rings. The van der Waals surface area contributed by atoms with Crippen molar-refractivity contribution >= 4 is 17.1 Å². The fourth-order valence-electron chi connectivity index (χ4n) is 1.86. The quantitative estimate of drug-likeness (QED) is 0.468. The van der Waals surface area contributed by atoms with Gasteiger partial charge in [0.25, 0.3) is 0 Å². The van der Waals surface area contributed by atoms with Crippen molar-refractivity contribution in [3.63, 3.8) is 0 Å². The van der Waals surface area contributed by atoms with Gasteiger partial charge >= 0.3 is 0 Å². The first kappa shape index (κ1) is 23.8. The van der Waals surface area contributed by atoms with Crippen LogP contribution < -0.4 is 4.90 Å². The van der Waals surface area contributed by atoms with E-state index in [-0.39, 0.29) is 98.1 Å². The number of nitrogens with zero attached hydrogens (tertiary/aromatic N) is 1. The van der Waals surface area contributed by atoms with Gasteiger partial charge in [-0.3, -0.25) is 54.1 Å². The molecule has 1 nitrogen and oxygen atoms in total. The van der Waals surface area contributed by atoms with Gasteiger partial charge in [-0.05, 0) is 0 Å². The van der Waals surface area contributed by atoms with Gasteiger partial charge in [-0.25, -0.2) is 17.1 Å². The predicted octanol–water partition coefficient (Wildman–Crippen LogP) is 4.26. The number of hydrogen-bond acceptors (Lipinski definition) is 1. The molecule has 0 unspecified atom stereocenters. The molecule has 0 aliphatic rings. The number of aryl methyl sites for hydroxylation is 1. The Morgan fingerprint density at radius 2 is 0.957 bits per heavy atom. The van der Waals surface area contributed by atoms with Crippen LogP contribution in [0.2, 0.25) is 0 Å². The van der Waals surface area contributed by atoms with Gasteiger partial charge < -0.3 is 41.3 Å². The zero-order valence-corrected chi connectivity index (χ0v) is 21.3. The van der Waals surface area contributed by atoms with Gasteiger partial charge in [0.15, 0.2) is 0 Å². The van der Waals surface area contributed by atoms with Crippen molar-refractivity contribution in [1.29, 1.82) is 0 Å². The van der Waals surface area contributed by atoms with Crippen molar-refractivity contribution in [3.8, 4) is 0 Å². The van der Waals surface area contributed by atoms with E-state index < -0.39 is 0 Å². The molecule has 23 heavy (non-hydrogen) atoms. The van der Waals surface area contributed by atoms with Gasteiger partial charge in [-0.15, -0.1) is 6.92 Å². The Hall–Kier alpha value is 0.772. The fourth-order valence-corrected chi connectivity index (χ4v) is 1.86. The number of benzene rings is 3. The molecule has 4 heteroatoms. The summed E-state index contributed by atoms with van der Waals surface area (Å²) in [5.74, 6) is 0. The van der Waals surface area contributed by atoms with E-state index in [2.05, 4.69) is 36.4 Å². The average Bonchev–Trinajstić information content (AvgIpc) is 2.52. The monoisotopic (exact) mass is 520 g/mol. The summed E-state index contributed by atoms with van der Waals surface area (Å²) < 4.78 is 0. The Morgan fingerprint density at radius 1 is 0.609 bits per heavy atom. The second-order valence-corrected chi connectivity index (χ2v) is 4.33. The molecule has 0 aliphatic heterocycles. The number of hydrogen-bond donors (Lipinski definition) is 0. The molecule has 0 aliphatic carbocycles. The number of anilines is 3. The second-order valence-electron chi connectivity index (χ2n) is 4.33. The van der Waals surface area contributed by atoms with Gasteiger partial charge in [0, 0.05) is 98.1 Å². The first-order valence-electron chi connectivity index (χ1n) is 6.31. The summed E-state index contributed by atoms with van der Waals surface area (Å²) in [6.07, 6.45) is 0. The molecule has 107 valence electrons. The van der Waals surface area contributed by atoms with E-state index in [4.69, 9.17) is 0 Å². The van der Waals surface area contributed by atoms with Crippen LogP contribution in [-0.4, -0.2) is 0 Å². The number of para-hydroxylation sites is 2. The molecular formula is C19H11NY3-6. The Labute approximate surface area is 214 Å². The van der Waals surface area contributed by atoms with Gasteiger partial charge in [-0.1, -0.05) is 0 Å². The molecule has 0 amide bonds. The zero-order chi connectivity index (χ0) is 13.8. The summed E-state index contributed by atoms with van der Waals surface area (Å²) in [6, 6.07) is 34.2. The SMILES string of the molecule is Cc1c[c-]c(N(c2[c-]ccc[c-]2)c2[c-]ccc[c-]2)[c-]c1.[Y].[Y].[Y]. The largest absolute Gasteiger partial charge is 0.452 e. The summed E-state index contributed by atoms with van der Waals surface area (Å²) in [5.41, 5.74) is 3.51. The van der Waals surface area contributed by atoms with Crippen LogP contribution in [0.3, 0.4) is 0 Å². The molecule has 3 aromatic carbocycles. The van der Waals surface area contributed by atoms with Gasteiger partial charge in [-0.2, -0.15) is 0 Å². The first-order valence-corrected chi connectivity index (χ1v) is 6.31. The minimum Gasteiger partial charge on any atom is -0.452 e. The van der Waals surface area contributed by atoms with Gasteiger partial charge in [0.05, 0.1) is 0 Å². The normalized spacial score (nSPS) is 8.91. The number of rotatable bonds is 3. The standard InChI is InChI=1S/C19H11N.3Y/c1-16-12-14-19(15-13-16)20(17-8-4-2-5-9-17)18-10-6-3-7-11-18;;;/h2-7,12-13H,1H3;;;/q-6;;;. The minimum absolute atomic E-state index is 0. The molecule has 3 radical (unpaired) electrons. The fraction of sp³-hybridized carbons (Fsp3) is 0.0526. The Balaban J connectivity index is 0.00000161. The van der Waals surface area contributed by atoms with Crippen molar-refractivity contribution in [2.24, 2.45) is 0 Å². The Bertz CT molecular complexity index is 630. The van der Waals surface area contributed by atoms with Crippen molar-refractivity contribution in [3.05, 3.63) is 90.5 Å². The third kappa shape index (κ3) is 6.54. The van der Waals surface area contributed by atoms with E-state index in [1.54, 1.807) is 0 Å². The van der Waals surface area contributed by atoms with Crippen molar-refractivity contribution < 1.29 is 98.1 Å². The first-order chi connectivity index (χ1) is 9.84. The Kier molecular flexibility index (Phi) is 12.6. The average molecular weight is 520 g/mol. The summed E-state index contributed by atoms with van der Waals surface area (Å²) in [5, 5.41) is 0. The smallest absolute Gasteiger partial charge is 0 e. The van der Waals surface area contributed by atoms with Gasteiger partial charge in [0.1, 0.15) is 0 Å². The summed E-state index contributed by atoms with van der Waals surface area (Å²) >= 11 is 0. The zero-order valence-electron chi connectivity index (χ0n) is 12.8. The second kappa shape index (κ2) is 12.2. The van der Waals surface area contributed by atoms with Crippen molar-refractivity contribution in [2.75, 3.05) is 4.90 Å². The molecule has 0 atom stereocenters.